The quantitative estimate of drug-likeness (QED) is 0.141. The third-order valence-corrected chi connectivity index (χ3v) is 5.99. The van der Waals surface area contributed by atoms with E-state index in [0.717, 1.165) is 0 Å². The Kier molecular flexibility index (Phi) is 9.01. The summed E-state index contributed by atoms with van der Waals surface area (Å²) in [5.41, 5.74) is 0. The Labute approximate surface area is 205 Å². The molecule has 19 heteroatoms. The molecule has 0 aromatic rings. The van der Waals surface area contributed by atoms with Gasteiger partial charge in [-0.15, -0.1) is 0 Å². The van der Waals surface area contributed by atoms with Gasteiger partial charge in [-0.1, -0.05) is 0 Å². The van der Waals surface area contributed by atoms with E-state index in [2.05, 4.69) is 4.74 Å². The maximum absolute atomic E-state index is 11.8. The van der Waals surface area contributed by atoms with E-state index >= 15 is 0 Å². The molecule has 0 radical (unpaired) electrons. The van der Waals surface area contributed by atoms with Gasteiger partial charge in [-0.3, -0.25) is 0 Å². The number of carboxylic acid groups (broad SMARTS) is 3. The Morgan fingerprint density at radius 2 is 0.838 bits per heavy atom. The first-order chi connectivity index (χ1) is 17.2. The molecule has 3 saturated heterocycles. The summed E-state index contributed by atoms with van der Waals surface area (Å²) in [6.07, 6.45) is -32.5. The number of hydrogen-bond donors (Lipinski definition) is 11. The van der Waals surface area contributed by atoms with Crippen molar-refractivity contribution < 1.29 is 94.2 Å². The molecule has 3 aliphatic heterocycles. The molecule has 0 spiro atoms. The highest BCUT2D eigenvalue weighted by Gasteiger charge is 2.56. The lowest BCUT2D eigenvalue weighted by molar-refractivity contribution is -0.368. The van der Waals surface area contributed by atoms with Gasteiger partial charge in [0.05, 0.1) is 0 Å². The van der Waals surface area contributed by atoms with Crippen molar-refractivity contribution in [2.75, 3.05) is 0 Å². The predicted octanol–water partition coefficient (Wildman–Crippen LogP) is -7.30. The Morgan fingerprint density at radius 1 is 0.459 bits per heavy atom. The van der Waals surface area contributed by atoms with Crippen molar-refractivity contribution in [1.29, 1.82) is 0 Å². The van der Waals surface area contributed by atoms with E-state index in [-0.39, 0.29) is 0 Å². The van der Waals surface area contributed by atoms with E-state index in [9.17, 15) is 65.4 Å². The number of aliphatic hydroxyl groups is 8. The largest absolute Gasteiger partial charge is 0.479 e. The molecule has 0 aromatic heterocycles. The number of carbonyl (C=O) groups is 3. The molecular weight excluding hydrogens is 520 g/mol. The normalized spacial score (nSPS) is 48.8. The lowest BCUT2D eigenvalue weighted by Crippen LogP contribution is -2.67. The fraction of sp³-hybridized carbons (Fsp3) is 0.833. The first kappa shape index (κ1) is 29.4. The molecule has 0 saturated carbocycles. The second kappa shape index (κ2) is 11.3. The van der Waals surface area contributed by atoms with E-state index in [1.165, 1.54) is 0 Å². The van der Waals surface area contributed by atoms with Gasteiger partial charge in [0.25, 0.3) is 0 Å². The average molecular weight is 546 g/mol. The van der Waals surface area contributed by atoms with Crippen LogP contribution in [0.3, 0.4) is 0 Å². The maximum Gasteiger partial charge on any atom is 0.335 e. The van der Waals surface area contributed by atoms with Crippen LogP contribution in [0.15, 0.2) is 0 Å². The van der Waals surface area contributed by atoms with Crippen LogP contribution < -0.4 is 0 Å². The number of ether oxygens (including phenoxy) is 5. The Bertz CT molecular complexity index is 853. The van der Waals surface area contributed by atoms with Gasteiger partial charge in [0.15, 0.2) is 37.2 Å². The van der Waals surface area contributed by atoms with Crippen molar-refractivity contribution in [3.05, 3.63) is 0 Å². The molecule has 0 aliphatic carbocycles. The lowest BCUT2D eigenvalue weighted by Gasteiger charge is -2.46. The number of hydrogen-bond acceptors (Lipinski definition) is 16. The Hall–Kier alpha value is -2.11. The van der Waals surface area contributed by atoms with Gasteiger partial charge >= 0.3 is 17.9 Å². The third kappa shape index (κ3) is 5.68. The van der Waals surface area contributed by atoms with Crippen LogP contribution in [0.5, 0.6) is 0 Å². The van der Waals surface area contributed by atoms with Crippen molar-refractivity contribution in [3.63, 3.8) is 0 Å². The number of aliphatic hydroxyl groups excluding tert-OH is 8. The summed E-state index contributed by atoms with van der Waals surface area (Å²) >= 11 is 0. The van der Waals surface area contributed by atoms with Crippen LogP contribution in [0.1, 0.15) is 0 Å². The van der Waals surface area contributed by atoms with Gasteiger partial charge in [-0.25, -0.2) is 14.4 Å². The van der Waals surface area contributed by atoms with Crippen LogP contribution in [-0.2, 0) is 38.1 Å². The van der Waals surface area contributed by atoms with E-state index in [0.29, 0.717) is 0 Å². The molecule has 19 nitrogen and oxygen atoms in total. The second-order valence-corrected chi connectivity index (χ2v) is 8.45. The van der Waals surface area contributed by atoms with Crippen molar-refractivity contribution in [2.24, 2.45) is 0 Å². The zero-order valence-corrected chi connectivity index (χ0v) is 18.3. The van der Waals surface area contributed by atoms with Gasteiger partial charge in [-0.05, 0) is 0 Å². The first-order valence-corrected chi connectivity index (χ1v) is 10.6. The van der Waals surface area contributed by atoms with E-state index < -0.39 is 110 Å². The first-order valence-electron chi connectivity index (χ1n) is 10.6. The average Bonchev–Trinajstić information content (AvgIpc) is 2.82. The molecule has 11 N–H and O–H groups in total. The minimum absolute atomic E-state index is 1.79. The summed E-state index contributed by atoms with van der Waals surface area (Å²) in [6.45, 7) is 0. The zero-order valence-electron chi connectivity index (χ0n) is 18.3. The summed E-state index contributed by atoms with van der Waals surface area (Å²) < 4.78 is 24.8. The summed E-state index contributed by atoms with van der Waals surface area (Å²) in [5.74, 6) is -5.46. The van der Waals surface area contributed by atoms with Gasteiger partial charge in [0, 0.05) is 0 Å². The third-order valence-electron chi connectivity index (χ3n) is 5.99. The minimum Gasteiger partial charge on any atom is -0.479 e. The highest BCUT2D eigenvalue weighted by molar-refractivity contribution is 5.74. The van der Waals surface area contributed by atoms with Crippen molar-refractivity contribution in [3.8, 4) is 0 Å². The number of aliphatic carboxylic acids is 3. The zero-order chi connectivity index (χ0) is 27.9. The SMILES string of the molecule is O=C(O)[C@H]1O[C@H](O[C@@H]2[C@H](O)[C@@H](O)[C@@H](O[C@@H]3[C@H](O)[C@@H](O)C(O)O[C@@H]3C(=O)O)O[C@@H]2C(=O)O)[C@H](O)[C@@H](O)[C@H]1O. The highest BCUT2D eigenvalue weighted by atomic mass is 16.8. The van der Waals surface area contributed by atoms with E-state index in [1.54, 1.807) is 0 Å². The van der Waals surface area contributed by atoms with Gasteiger partial charge in [-0.2, -0.15) is 0 Å². The van der Waals surface area contributed by atoms with Crippen LogP contribution >= 0.6 is 0 Å². The van der Waals surface area contributed by atoms with Gasteiger partial charge < -0.3 is 79.9 Å². The van der Waals surface area contributed by atoms with Crippen LogP contribution in [0.4, 0.5) is 0 Å². The summed E-state index contributed by atoms with van der Waals surface area (Å²) in [6, 6.07) is 0. The molecule has 1 unspecified atom stereocenters. The molecule has 0 amide bonds. The molecule has 15 atom stereocenters. The lowest BCUT2D eigenvalue weighted by atomic mass is 9.95. The smallest absolute Gasteiger partial charge is 0.335 e. The van der Waals surface area contributed by atoms with Crippen LogP contribution in [-0.4, -0.2) is 166 Å². The van der Waals surface area contributed by atoms with Gasteiger partial charge in [0.2, 0.25) is 0 Å². The van der Waals surface area contributed by atoms with Crippen molar-refractivity contribution >= 4 is 17.9 Å². The molecule has 3 aliphatic rings. The van der Waals surface area contributed by atoms with Crippen LogP contribution in [0.25, 0.3) is 0 Å². The molecule has 3 rings (SSSR count). The molecular formula is C18H26O19. The van der Waals surface area contributed by atoms with Gasteiger partial charge in [0.1, 0.15) is 54.9 Å². The predicted molar refractivity (Wildman–Crippen MR) is 103 cm³/mol. The van der Waals surface area contributed by atoms with Crippen molar-refractivity contribution in [1.82, 2.24) is 0 Å². The summed E-state index contributed by atoms with van der Waals surface area (Å²) in [4.78, 5) is 34.5. The molecule has 212 valence electrons. The molecule has 3 heterocycles. The fourth-order valence-electron chi connectivity index (χ4n) is 3.98. The molecule has 37 heavy (non-hydrogen) atoms. The second-order valence-electron chi connectivity index (χ2n) is 8.45. The Morgan fingerprint density at radius 3 is 1.30 bits per heavy atom. The summed E-state index contributed by atoms with van der Waals surface area (Å²) in [5, 5.41) is 108. The number of carboxylic acids is 3. The van der Waals surface area contributed by atoms with Crippen molar-refractivity contribution in [2.45, 2.75) is 92.1 Å². The number of rotatable bonds is 7. The summed E-state index contributed by atoms with van der Waals surface area (Å²) in [7, 11) is 0. The standard InChI is InChI=1S/C18H26O19/c19-1-2(20)10(13(26)27)36-17(6(1)24)35-9-4(22)7(25)18(37-12(9)15(30)31)34-8-3(21)5(23)16(32)33-11(8)14(28)29/h1-12,16-25,32H,(H,26,27)(H,28,29)(H,30,31)/t1-,2+,3+,4+,5+,6+,7+,8+,9+,10-,11-,12-,16?,17-,18-/m0/s1. The monoisotopic (exact) mass is 546 g/mol. The van der Waals surface area contributed by atoms with Crippen LogP contribution in [0, 0.1) is 0 Å². The maximum atomic E-state index is 11.8. The molecule has 0 aromatic carbocycles. The van der Waals surface area contributed by atoms with E-state index in [1.807, 2.05) is 0 Å². The fourth-order valence-corrected chi connectivity index (χ4v) is 3.98. The molecule has 0 bridgehead atoms. The minimum atomic E-state index is -2.29. The van der Waals surface area contributed by atoms with Crippen LogP contribution in [0.2, 0.25) is 0 Å². The van der Waals surface area contributed by atoms with E-state index in [4.69, 9.17) is 24.1 Å². The topological polar surface area (TPSA) is 320 Å². The molecule has 3 fully saturated rings. The highest BCUT2D eigenvalue weighted by Crippen LogP contribution is 2.32. The Balaban J connectivity index is 1.81.